The zero-order valence-electron chi connectivity index (χ0n) is 7.08. The molecular weight excluding hydrogens is 281 g/mol. The normalized spacial score (nSPS) is 10.7. The average Bonchev–Trinajstić information content (AvgIpc) is 2.16. The van der Waals surface area contributed by atoms with E-state index < -0.39 is 28.7 Å². The van der Waals surface area contributed by atoms with E-state index in [1.165, 1.54) is 0 Å². The van der Waals surface area contributed by atoms with Crippen molar-refractivity contribution in [2.45, 2.75) is 11.8 Å². The minimum atomic E-state index is -2.96. The van der Waals surface area contributed by atoms with E-state index in [1.807, 2.05) is 0 Å². The van der Waals surface area contributed by atoms with E-state index in [9.17, 15) is 23.3 Å². The lowest BCUT2D eigenvalue weighted by Gasteiger charge is -2.05. The molecule has 15 heavy (non-hydrogen) atoms. The third-order valence-electron chi connectivity index (χ3n) is 1.62. The van der Waals surface area contributed by atoms with Gasteiger partial charge in [0, 0.05) is 11.4 Å². The Kier molecular flexibility index (Phi) is 3.61. The van der Waals surface area contributed by atoms with Crippen LogP contribution in [0.4, 0.5) is 18.9 Å². The van der Waals surface area contributed by atoms with Gasteiger partial charge >= 0.3 is 5.69 Å². The van der Waals surface area contributed by atoms with Crippen molar-refractivity contribution in [3.05, 3.63) is 33.4 Å². The van der Waals surface area contributed by atoms with Crippen molar-refractivity contribution in [3.8, 4) is 0 Å². The average molecular weight is 285 g/mol. The quantitative estimate of drug-likeness (QED) is 0.371. The maximum Gasteiger partial charge on any atom is 0.324 e. The molecule has 0 N–H and O–H groups in total. The highest BCUT2D eigenvalue weighted by Crippen LogP contribution is 2.27. The van der Waals surface area contributed by atoms with Gasteiger partial charge < -0.3 is 0 Å². The Morgan fingerprint density at radius 1 is 1.60 bits per heavy atom. The van der Waals surface area contributed by atoms with Crippen LogP contribution in [0.15, 0.2) is 6.07 Å². The van der Waals surface area contributed by atoms with E-state index in [4.69, 9.17) is 0 Å². The monoisotopic (exact) mass is 284 g/mol. The molecule has 0 amide bonds. The molecule has 82 valence electrons. The van der Waals surface area contributed by atoms with Gasteiger partial charge in [-0.2, -0.15) is 4.39 Å². The third-order valence-corrected chi connectivity index (χ3v) is 2.22. The number of nitrogens with zero attached hydrogens (tertiary/aromatic N) is 2. The number of rotatable bonds is 3. The van der Waals surface area contributed by atoms with Crippen LogP contribution in [0, 0.1) is 16.1 Å². The summed E-state index contributed by atoms with van der Waals surface area (Å²) in [4.78, 5) is 12.2. The number of nitro groups is 1. The summed E-state index contributed by atoms with van der Waals surface area (Å²) in [6, 6.07) is 0.749. The predicted molar refractivity (Wildman–Crippen MR) is 48.4 cm³/mol. The lowest BCUT2D eigenvalue weighted by Crippen LogP contribution is -2.03. The fourth-order valence-corrected chi connectivity index (χ4v) is 1.41. The van der Waals surface area contributed by atoms with Gasteiger partial charge in [0.1, 0.15) is 5.69 Å². The first-order valence-corrected chi connectivity index (χ1v) is 4.77. The zero-order valence-corrected chi connectivity index (χ0v) is 8.67. The highest BCUT2D eigenvalue weighted by atomic mass is 79.9. The molecule has 0 atom stereocenters. The Morgan fingerprint density at radius 3 is 2.60 bits per heavy atom. The summed E-state index contributed by atoms with van der Waals surface area (Å²) in [7, 11) is 0. The Labute approximate surface area is 90.4 Å². The number of alkyl halides is 3. The summed E-state index contributed by atoms with van der Waals surface area (Å²) in [6.45, 7) is 0. The molecule has 0 aliphatic rings. The zero-order chi connectivity index (χ0) is 11.6. The van der Waals surface area contributed by atoms with Crippen LogP contribution in [0.1, 0.15) is 17.7 Å². The van der Waals surface area contributed by atoms with Crippen LogP contribution in [0.2, 0.25) is 0 Å². The number of aromatic nitrogens is 1. The molecule has 4 nitrogen and oxygen atoms in total. The number of pyridine rings is 1. The van der Waals surface area contributed by atoms with Gasteiger partial charge in [0.05, 0.1) is 4.92 Å². The molecule has 0 fully saturated rings. The number of halogens is 4. The summed E-state index contributed by atoms with van der Waals surface area (Å²) in [5.41, 5.74) is -1.79. The SMILES string of the molecule is O=[N+]([O-])c1cc(CBr)c(C(F)F)nc1F. The van der Waals surface area contributed by atoms with Crippen molar-refractivity contribution < 1.29 is 18.1 Å². The molecule has 1 rings (SSSR count). The maximum atomic E-state index is 12.9. The molecule has 0 aromatic carbocycles. The molecule has 0 unspecified atom stereocenters. The fraction of sp³-hybridized carbons (Fsp3) is 0.286. The lowest BCUT2D eigenvalue weighted by molar-refractivity contribution is -0.388. The maximum absolute atomic E-state index is 12.9. The molecule has 1 aromatic rings. The van der Waals surface area contributed by atoms with Crippen LogP contribution >= 0.6 is 15.9 Å². The summed E-state index contributed by atoms with van der Waals surface area (Å²) in [5, 5.41) is 10.2. The largest absolute Gasteiger partial charge is 0.324 e. The van der Waals surface area contributed by atoms with Gasteiger partial charge in [-0.25, -0.2) is 13.8 Å². The number of hydrogen-bond donors (Lipinski definition) is 0. The predicted octanol–water partition coefficient (Wildman–Crippen LogP) is 2.96. The topological polar surface area (TPSA) is 56.0 Å². The highest BCUT2D eigenvalue weighted by molar-refractivity contribution is 9.08. The molecule has 0 spiro atoms. The van der Waals surface area contributed by atoms with Crippen molar-refractivity contribution in [2.24, 2.45) is 0 Å². The molecule has 0 bridgehead atoms. The fourth-order valence-electron chi connectivity index (χ4n) is 0.957. The molecule has 1 aromatic heterocycles. The van der Waals surface area contributed by atoms with E-state index in [0.29, 0.717) is 0 Å². The minimum absolute atomic E-state index is 0.0548. The van der Waals surface area contributed by atoms with E-state index >= 15 is 0 Å². The second kappa shape index (κ2) is 4.56. The van der Waals surface area contributed by atoms with Crippen molar-refractivity contribution in [3.63, 3.8) is 0 Å². The molecule has 0 radical (unpaired) electrons. The Bertz CT molecular complexity index is 400. The highest BCUT2D eigenvalue weighted by Gasteiger charge is 2.23. The van der Waals surface area contributed by atoms with Crippen molar-refractivity contribution in [1.29, 1.82) is 0 Å². The summed E-state index contributed by atoms with van der Waals surface area (Å²) in [5.74, 6) is -1.50. The van der Waals surface area contributed by atoms with E-state index in [2.05, 4.69) is 20.9 Å². The van der Waals surface area contributed by atoms with Gasteiger partial charge in [-0.1, -0.05) is 15.9 Å². The van der Waals surface area contributed by atoms with Crippen molar-refractivity contribution in [2.75, 3.05) is 0 Å². The molecule has 0 aliphatic carbocycles. The molecule has 8 heteroatoms. The summed E-state index contributed by atoms with van der Waals surface area (Å²) in [6.07, 6.45) is -2.96. The van der Waals surface area contributed by atoms with E-state index in [1.54, 1.807) is 0 Å². The van der Waals surface area contributed by atoms with Gasteiger partial charge in [0.15, 0.2) is 0 Å². The Balaban J connectivity index is 3.35. The first-order valence-electron chi connectivity index (χ1n) is 3.65. The van der Waals surface area contributed by atoms with E-state index in [-0.39, 0.29) is 10.9 Å². The van der Waals surface area contributed by atoms with Crippen LogP contribution < -0.4 is 0 Å². The molecule has 1 heterocycles. The molecule has 0 aliphatic heterocycles. The molecule has 0 saturated carbocycles. The van der Waals surface area contributed by atoms with Gasteiger partial charge in [0.25, 0.3) is 12.4 Å². The van der Waals surface area contributed by atoms with Crippen LogP contribution in [0.25, 0.3) is 0 Å². The first kappa shape index (κ1) is 11.9. The lowest BCUT2D eigenvalue weighted by atomic mass is 10.2. The summed E-state index contributed by atoms with van der Waals surface area (Å²) >= 11 is 2.87. The van der Waals surface area contributed by atoms with Crippen molar-refractivity contribution in [1.82, 2.24) is 4.98 Å². The van der Waals surface area contributed by atoms with Crippen molar-refractivity contribution >= 4 is 21.6 Å². The van der Waals surface area contributed by atoms with Gasteiger partial charge in [-0.15, -0.1) is 0 Å². The minimum Gasteiger partial charge on any atom is -0.258 e. The smallest absolute Gasteiger partial charge is 0.258 e. The standard InChI is InChI=1S/C7H4BrF3N2O2/c8-2-3-1-4(13(14)15)7(11)12-5(3)6(9)10/h1,6H,2H2. The third kappa shape index (κ3) is 2.44. The van der Waals surface area contributed by atoms with Crippen LogP contribution in [0.5, 0.6) is 0 Å². The second-order valence-electron chi connectivity index (χ2n) is 2.53. The molecule has 0 saturated heterocycles. The Hall–Kier alpha value is -1.18. The van der Waals surface area contributed by atoms with Gasteiger partial charge in [0.2, 0.25) is 0 Å². The van der Waals surface area contributed by atoms with Crippen LogP contribution in [-0.2, 0) is 5.33 Å². The van der Waals surface area contributed by atoms with Gasteiger partial charge in [-0.3, -0.25) is 10.1 Å². The number of hydrogen-bond acceptors (Lipinski definition) is 3. The Morgan fingerprint density at radius 2 is 2.20 bits per heavy atom. The van der Waals surface area contributed by atoms with E-state index in [0.717, 1.165) is 6.07 Å². The summed E-state index contributed by atoms with van der Waals surface area (Å²) < 4.78 is 37.5. The van der Waals surface area contributed by atoms with Crippen LogP contribution in [-0.4, -0.2) is 9.91 Å². The second-order valence-corrected chi connectivity index (χ2v) is 3.09. The van der Waals surface area contributed by atoms with Crippen LogP contribution in [0.3, 0.4) is 0 Å². The molecular formula is C7H4BrF3N2O2. The first-order chi connectivity index (χ1) is 6.97. The van der Waals surface area contributed by atoms with Gasteiger partial charge in [-0.05, 0) is 5.56 Å².